The molecule has 0 fully saturated rings. The van der Waals surface area contributed by atoms with Crippen LogP contribution in [0.4, 0.5) is 5.69 Å². The zero-order valence-corrected chi connectivity index (χ0v) is 13.8. The summed E-state index contributed by atoms with van der Waals surface area (Å²) in [4.78, 5) is 14.2. The number of carbonyl (C=O) groups excluding carboxylic acids is 1. The number of esters is 1. The fourth-order valence-corrected chi connectivity index (χ4v) is 3.57. The Bertz CT molecular complexity index is 539. The summed E-state index contributed by atoms with van der Waals surface area (Å²) in [5, 5.41) is 0. The molecule has 1 aliphatic heterocycles. The third-order valence-electron chi connectivity index (χ3n) is 4.41. The first kappa shape index (κ1) is 15.7. The third kappa shape index (κ3) is 2.71. The molecule has 0 saturated heterocycles. The van der Waals surface area contributed by atoms with E-state index in [0.29, 0.717) is 5.92 Å². The number of fused-ring (bicyclic) bond motifs is 1. The number of rotatable bonds is 3. The second-order valence-electron chi connectivity index (χ2n) is 6.41. The first-order valence-electron chi connectivity index (χ1n) is 7.37. The van der Waals surface area contributed by atoms with E-state index in [1.807, 2.05) is 19.1 Å². The maximum Gasteiger partial charge on any atom is 0.328 e. The van der Waals surface area contributed by atoms with E-state index in [4.69, 9.17) is 9.47 Å². The molecule has 0 aromatic heterocycles. The predicted molar refractivity (Wildman–Crippen MR) is 84.1 cm³/mol. The number of methoxy groups -OCH3 is 2. The topological polar surface area (TPSA) is 38.8 Å². The molecule has 21 heavy (non-hydrogen) atoms. The van der Waals surface area contributed by atoms with E-state index >= 15 is 0 Å². The number of hydrogen-bond acceptors (Lipinski definition) is 4. The van der Waals surface area contributed by atoms with Gasteiger partial charge in [0.1, 0.15) is 11.8 Å². The van der Waals surface area contributed by atoms with Crippen LogP contribution in [0.1, 0.15) is 45.6 Å². The molecule has 0 amide bonds. The summed E-state index contributed by atoms with van der Waals surface area (Å²) in [6.45, 7) is 8.48. The van der Waals surface area contributed by atoms with E-state index in [0.717, 1.165) is 17.9 Å². The number of carbonyl (C=O) groups is 1. The molecule has 0 N–H and O–H groups in total. The van der Waals surface area contributed by atoms with Crippen molar-refractivity contribution in [2.45, 2.75) is 51.6 Å². The fraction of sp³-hybridized carbons (Fsp3) is 0.588. The molecule has 4 heteroatoms. The third-order valence-corrected chi connectivity index (χ3v) is 4.41. The van der Waals surface area contributed by atoms with Crippen molar-refractivity contribution in [1.82, 2.24) is 0 Å². The van der Waals surface area contributed by atoms with Crippen molar-refractivity contribution >= 4 is 11.7 Å². The van der Waals surface area contributed by atoms with Gasteiger partial charge in [-0.3, -0.25) is 0 Å². The molecule has 2 atom stereocenters. The van der Waals surface area contributed by atoms with Gasteiger partial charge in [-0.05, 0) is 56.9 Å². The van der Waals surface area contributed by atoms with Gasteiger partial charge < -0.3 is 14.4 Å². The van der Waals surface area contributed by atoms with Crippen LogP contribution in [0.2, 0.25) is 0 Å². The van der Waals surface area contributed by atoms with Gasteiger partial charge in [-0.15, -0.1) is 0 Å². The molecule has 1 aromatic carbocycles. The fourth-order valence-electron chi connectivity index (χ4n) is 3.57. The predicted octanol–water partition coefficient (Wildman–Crippen LogP) is 3.35. The van der Waals surface area contributed by atoms with Crippen molar-refractivity contribution in [3.8, 4) is 5.75 Å². The number of ether oxygens (including phenoxy) is 2. The minimum absolute atomic E-state index is 0.103. The summed E-state index contributed by atoms with van der Waals surface area (Å²) < 4.78 is 10.3. The minimum Gasteiger partial charge on any atom is -0.497 e. The average Bonchev–Trinajstić information content (AvgIpc) is 2.44. The van der Waals surface area contributed by atoms with Crippen molar-refractivity contribution in [2.75, 3.05) is 19.1 Å². The molecule has 0 aliphatic carbocycles. The van der Waals surface area contributed by atoms with E-state index in [9.17, 15) is 4.79 Å². The lowest BCUT2D eigenvalue weighted by Gasteiger charge is -2.49. The summed E-state index contributed by atoms with van der Waals surface area (Å²) in [5.74, 6) is 1.07. The molecule has 1 heterocycles. The van der Waals surface area contributed by atoms with Crippen LogP contribution in [0.15, 0.2) is 18.2 Å². The van der Waals surface area contributed by atoms with Crippen LogP contribution >= 0.6 is 0 Å². The molecule has 116 valence electrons. The molecular weight excluding hydrogens is 266 g/mol. The SMILES string of the molecule is COC(=O)[C@H](C)N1c2ccc(OC)cc2[C@H](C)CC1(C)C. The second-order valence-corrected chi connectivity index (χ2v) is 6.41. The Morgan fingerprint density at radius 3 is 2.62 bits per heavy atom. The average molecular weight is 291 g/mol. The van der Waals surface area contributed by atoms with Crippen LogP contribution in [-0.4, -0.2) is 31.8 Å². The maximum absolute atomic E-state index is 12.0. The van der Waals surface area contributed by atoms with Crippen molar-refractivity contribution in [3.63, 3.8) is 0 Å². The quantitative estimate of drug-likeness (QED) is 0.801. The van der Waals surface area contributed by atoms with Crippen LogP contribution in [0.3, 0.4) is 0 Å². The van der Waals surface area contributed by atoms with Gasteiger partial charge in [0.05, 0.1) is 14.2 Å². The highest BCUT2D eigenvalue weighted by atomic mass is 16.5. The van der Waals surface area contributed by atoms with Crippen molar-refractivity contribution < 1.29 is 14.3 Å². The normalized spacial score (nSPS) is 21.4. The molecule has 2 rings (SSSR count). The van der Waals surface area contributed by atoms with Gasteiger partial charge in [0.2, 0.25) is 0 Å². The summed E-state index contributed by atoms with van der Waals surface area (Å²) in [6, 6.07) is 5.76. The van der Waals surface area contributed by atoms with Gasteiger partial charge in [0.15, 0.2) is 0 Å². The molecule has 4 nitrogen and oxygen atoms in total. The molecular formula is C17H25NO3. The highest BCUT2D eigenvalue weighted by molar-refractivity contribution is 5.81. The van der Waals surface area contributed by atoms with Crippen molar-refractivity contribution in [3.05, 3.63) is 23.8 Å². The molecule has 0 unspecified atom stereocenters. The van der Waals surface area contributed by atoms with E-state index in [2.05, 4.69) is 31.7 Å². The van der Waals surface area contributed by atoms with Gasteiger partial charge in [-0.1, -0.05) is 6.92 Å². The highest BCUT2D eigenvalue weighted by Gasteiger charge is 2.41. The maximum atomic E-state index is 12.0. The van der Waals surface area contributed by atoms with E-state index in [-0.39, 0.29) is 17.6 Å². The lowest BCUT2D eigenvalue weighted by molar-refractivity contribution is -0.142. The van der Waals surface area contributed by atoms with Crippen molar-refractivity contribution in [1.29, 1.82) is 0 Å². The molecule has 0 spiro atoms. The Hall–Kier alpha value is -1.71. The summed E-state index contributed by atoms with van der Waals surface area (Å²) in [5.41, 5.74) is 2.22. The van der Waals surface area contributed by atoms with E-state index in [1.54, 1.807) is 7.11 Å². The van der Waals surface area contributed by atoms with Crippen LogP contribution in [0.5, 0.6) is 5.75 Å². The largest absolute Gasteiger partial charge is 0.497 e. The number of hydrogen-bond donors (Lipinski definition) is 0. The standard InChI is InChI=1S/C17H25NO3/c1-11-10-17(3,4)18(12(2)16(19)21-6)15-8-7-13(20-5)9-14(11)15/h7-9,11-12H,10H2,1-6H3/t11-,12+/m1/s1. The molecule has 0 bridgehead atoms. The van der Waals surface area contributed by atoms with Gasteiger partial charge in [0.25, 0.3) is 0 Å². The molecule has 0 radical (unpaired) electrons. The van der Waals surface area contributed by atoms with Crippen LogP contribution < -0.4 is 9.64 Å². The smallest absolute Gasteiger partial charge is 0.328 e. The van der Waals surface area contributed by atoms with Crippen molar-refractivity contribution in [2.24, 2.45) is 0 Å². The lowest BCUT2D eigenvalue weighted by atomic mass is 9.79. The van der Waals surface area contributed by atoms with E-state index in [1.165, 1.54) is 12.7 Å². The first-order valence-corrected chi connectivity index (χ1v) is 7.37. The number of nitrogens with zero attached hydrogens (tertiary/aromatic N) is 1. The van der Waals surface area contributed by atoms with Gasteiger partial charge in [0, 0.05) is 11.2 Å². The minimum atomic E-state index is -0.315. The number of anilines is 1. The summed E-state index contributed by atoms with van der Waals surface area (Å²) in [7, 11) is 3.11. The first-order chi connectivity index (χ1) is 9.81. The Balaban J connectivity index is 2.53. The zero-order valence-electron chi connectivity index (χ0n) is 13.8. The second kappa shape index (κ2) is 5.58. The number of benzene rings is 1. The van der Waals surface area contributed by atoms with Crippen LogP contribution in [-0.2, 0) is 9.53 Å². The Labute approximate surface area is 127 Å². The Morgan fingerprint density at radius 2 is 2.05 bits per heavy atom. The lowest BCUT2D eigenvalue weighted by Crippen LogP contribution is -2.55. The summed E-state index contributed by atoms with van der Waals surface area (Å²) in [6.07, 6.45) is 0.981. The Kier molecular flexibility index (Phi) is 4.17. The molecule has 1 aliphatic rings. The zero-order chi connectivity index (χ0) is 15.8. The molecule has 0 saturated carbocycles. The highest BCUT2D eigenvalue weighted by Crippen LogP contribution is 2.45. The van der Waals surface area contributed by atoms with Crippen LogP contribution in [0, 0.1) is 0 Å². The Morgan fingerprint density at radius 1 is 1.38 bits per heavy atom. The van der Waals surface area contributed by atoms with Crippen LogP contribution in [0.25, 0.3) is 0 Å². The monoisotopic (exact) mass is 291 g/mol. The summed E-state index contributed by atoms with van der Waals surface area (Å²) >= 11 is 0. The van der Waals surface area contributed by atoms with E-state index < -0.39 is 0 Å². The molecule has 1 aromatic rings. The van der Waals surface area contributed by atoms with Gasteiger partial charge in [-0.25, -0.2) is 4.79 Å². The van der Waals surface area contributed by atoms with Gasteiger partial charge >= 0.3 is 5.97 Å². The van der Waals surface area contributed by atoms with Gasteiger partial charge in [-0.2, -0.15) is 0 Å².